The number of carboxylic acids is 1. The van der Waals surface area contributed by atoms with Gasteiger partial charge in [-0.25, -0.2) is 4.79 Å². The maximum atomic E-state index is 11.3. The van der Waals surface area contributed by atoms with Crippen LogP contribution in [0, 0.1) is 0 Å². The molecular formula is C12H16N2O3. The Bertz CT molecular complexity index is 404. The lowest BCUT2D eigenvalue weighted by Crippen LogP contribution is -2.26. The van der Waals surface area contributed by atoms with Gasteiger partial charge >= 0.3 is 5.97 Å². The van der Waals surface area contributed by atoms with Gasteiger partial charge in [-0.15, -0.1) is 0 Å². The summed E-state index contributed by atoms with van der Waals surface area (Å²) in [5.41, 5.74) is 1.01. The molecule has 17 heavy (non-hydrogen) atoms. The highest BCUT2D eigenvalue weighted by Gasteiger charge is 2.04. The summed E-state index contributed by atoms with van der Waals surface area (Å²) in [6.45, 7) is 0.977. The Kier molecular flexibility index (Phi) is 5.16. The second-order valence-corrected chi connectivity index (χ2v) is 3.64. The largest absolute Gasteiger partial charge is 0.478 e. The number of carboxylic acid groups (broad SMARTS) is 1. The van der Waals surface area contributed by atoms with Crippen LogP contribution in [0.5, 0.6) is 0 Å². The normalized spacial score (nSPS) is 9.94. The number of benzene rings is 1. The van der Waals surface area contributed by atoms with E-state index < -0.39 is 5.97 Å². The van der Waals surface area contributed by atoms with Crippen molar-refractivity contribution in [3.63, 3.8) is 0 Å². The van der Waals surface area contributed by atoms with E-state index in [0.29, 0.717) is 19.5 Å². The highest BCUT2D eigenvalue weighted by Crippen LogP contribution is 2.05. The predicted molar refractivity (Wildman–Crippen MR) is 63.8 cm³/mol. The van der Waals surface area contributed by atoms with Gasteiger partial charge in [-0.1, -0.05) is 12.1 Å². The number of nitrogens with one attached hydrogen (secondary N) is 2. The molecule has 0 aromatic heterocycles. The standard InChI is InChI=1S/C12H16N2O3/c1-13-6-5-11(15)14-8-9-3-2-4-10(7-9)12(16)17/h2-4,7,13H,5-6,8H2,1H3,(H,14,15)(H,16,17). The summed E-state index contributed by atoms with van der Waals surface area (Å²) >= 11 is 0. The van der Waals surface area contributed by atoms with E-state index in [9.17, 15) is 9.59 Å². The molecule has 0 saturated carbocycles. The van der Waals surface area contributed by atoms with Crippen molar-refractivity contribution in [3.05, 3.63) is 35.4 Å². The topological polar surface area (TPSA) is 78.4 Å². The second-order valence-electron chi connectivity index (χ2n) is 3.64. The van der Waals surface area contributed by atoms with Crippen molar-refractivity contribution in [1.29, 1.82) is 0 Å². The van der Waals surface area contributed by atoms with Crippen LogP contribution in [-0.2, 0) is 11.3 Å². The van der Waals surface area contributed by atoms with Gasteiger partial charge < -0.3 is 15.7 Å². The van der Waals surface area contributed by atoms with Crippen molar-refractivity contribution in [1.82, 2.24) is 10.6 Å². The van der Waals surface area contributed by atoms with Crippen LogP contribution in [0.4, 0.5) is 0 Å². The summed E-state index contributed by atoms with van der Waals surface area (Å²) in [4.78, 5) is 22.1. The van der Waals surface area contributed by atoms with E-state index >= 15 is 0 Å². The van der Waals surface area contributed by atoms with Gasteiger partial charge in [0.1, 0.15) is 0 Å². The highest BCUT2D eigenvalue weighted by atomic mass is 16.4. The number of hydrogen-bond donors (Lipinski definition) is 3. The zero-order chi connectivity index (χ0) is 12.7. The smallest absolute Gasteiger partial charge is 0.335 e. The molecule has 5 nitrogen and oxygen atoms in total. The zero-order valence-corrected chi connectivity index (χ0v) is 9.69. The van der Waals surface area contributed by atoms with Crippen LogP contribution >= 0.6 is 0 Å². The highest BCUT2D eigenvalue weighted by molar-refractivity contribution is 5.87. The molecule has 0 aliphatic rings. The Morgan fingerprint density at radius 2 is 2.12 bits per heavy atom. The summed E-state index contributed by atoms with van der Waals surface area (Å²) in [7, 11) is 1.78. The lowest BCUT2D eigenvalue weighted by Gasteiger charge is -2.05. The molecule has 1 aromatic rings. The van der Waals surface area contributed by atoms with Crippen molar-refractivity contribution in [2.24, 2.45) is 0 Å². The molecule has 0 fully saturated rings. The van der Waals surface area contributed by atoms with Crippen molar-refractivity contribution < 1.29 is 14.7 Å². The Balaban J connectivity index is 2.49. The third-order valence-corrected chi connectivity index (χ3v) is 2.27. The first-order valence-corrected chi connectivity index (χ1v) is 5.37. The lowest BCUT2D eigenvalue weighted by molar-refractivity contribution is -0.121. The van der Waals surface area contributed by atoms with E-state index in [1.807, 2.05) is 0 Å². The van der Waals surface area contributed by atoms with Crippen LogP contribution in [0.1, 0.15) is 22.3 Å². The van der Waals surface area contributed by atoms with Gasteiger partial charge in [-0.2, -0.15) is 0 Å². The first-order valence-electron chi connectivity index (χ1n) is 5.37. The van der Waals surface area contributed by atoms with Gasteiger partial charge in [0.15, 0.2) is 0 Å². The van der Waals surface area contributed by atoms with E-state index in [0.717, 1.165) is 5.56 Å². The molecule has 1 amide bonds. The Hall–Kier alpha value is -1.88. The Morgan fingerprint density at radius 1 is 1.35 bits per heavy atom. The van der Waals surface area contributed by atoms with Gasteiger partial charge in [0.25, 0.3) is 0 Å². The minimum Gasteiger partial charge on any atom is -0.478 e. The number of amides is 1. The molecule has 0 heterocycles. The summed E-state index contributed by atoms with van der Waals surface area (Å²) in [6.07, 6.45) is 0.412. The fourth-order valence-electron chi connectivity index (χ4n) is 1.34. The van der Waals surface area contributed by atoms with Gasteiger partial charge in [-0.05, 0) is 24.7 Å². The summed E-state index contributed by atoms with van der Waals surface area (Å²) in [6, 6.07) is 6.53. The number of hydrogen-bond acceptors (Lipinski definition) is 3. The number of aromatic carboxylic acids is 1. The number of carbonyl (C=O) groups is 2. The Labute approximate surface area is 99.8 Å². The molecule has 0 atom stereocenters. The van der Waals surface area contributed by atoms with Gasteiger partial charge in [-0.3, -0.25) is 4.79 Å². The minimum atomic E-state index is -0.964. The van der Waals surface area contributed by atoms with Gasteiger partial charge in [0, 0.05) is 19.5 Å². The fourth-order valence-corrected chi connectivity index (χ4v) is 1.34. The average molecular weight is 236 g/mol. The van der Waals surface area contributed by atoms with Crippen LogP contribution in [0.2, 0.25) is 0 Å². The lowest BCUT2D eigenvalue weighted by atomic mass is 10.1. The summed E-state index contributed by atoms with van der Waals surface area (Å²) in [5, 5.41) is 14.4. The molecule has 0 saturated heterocycles. The first-order chi connectivity index (χ1) is 8.13. The number of carbonyl (C=O) groups excluding carboxylic acids is 1. The van der Waals surface area contributed by atoms with E-state index in [4.69, 9.17) is 5.11 Å². The Morgan fingerprint density at radius 3 is 2.76 bits per heavy atom. The van der Waals surface area contributed by atoms with Crippen molar-refractivity contribution in [2.75, 3.05) is 13.6 Å². The molecule has 92 valence electrons. The third-order valence-electron chi connectivity index (χ3n) is 2.27. The SMILES string of the molecule is CNCCC(=O)NCc1cccc(C(=O)O)c1. The van der Waals surface area contributed by atoms with E-state index in [2.05, 4.69) is 10.6 Å². The quantitative estimate of drug-likeness (QED) is 0.676. The molecule has 1 aromatic carbocycles. The van der Waals surface area contributed by atoms with E-state index in [-0.39, 0.29) is 11.5 Å². The van der Waals surface area contributed by atoms with Crippen molar-refractivity contribution in [3.8, 4) is 0 Å². The van der Waals surface area contributed by atoms with Crippen molar-refractivity contribution in [2.45, 2.75) is 13.0 Å². The monoisotopic (exact) mass is 236 g/mol. The average Bonchev–Trinajstić information content (AvgIpc) is 2.34. The van der Waals surface area contributed by atoms with Crippen molar-refractivity contribution >= 4 is 11.9 Å². The van der Waals surface area contributed by atoms with Gasteiger partial charge in [0.05, 0.1) is 5.56 Å². The van der Waals surface area contributed by atoms with Crippen LogP contribution in [0.3, 0.4) is 0 Å². The van der Waals surface area contributed by atoms with Crippen LogP contribution in [0.15, 0.2) is 24.3 Å². The zero-order valence-electron chi connectivity index (χ0n) is 9.69. The molecule has 0 spiro atoms. The van der Waals surface area contributed by atoms with E-state index in [1.54, 1.807) is 25.2 Å². The summed E-state index contributed by atoms with van der Waals surface area (Å²) in [5.74, 6) is -1.02. The molecule has 0 radical (unpaired) electrons. The molecular weight excluding hydrogens is 220 g/mol. The molecule has 0 bridgehead atoms. The maximum absolute atomic E-state index is 11.3. The van der Waals surface area contributed by atoms with Crippen LogP contribution in [0.25, 0.3) is 0 Å². The molecule has 0 aliphatic carbocycles. The number of rotatable bonds is 6. The molecule has 0 aliphatic heterocycles. The van der Waals surface area contributed by atoms with E-state index in [1.165, 1.54) is 6.07 Å². The minimum absolute atomic E-state index is 0.0555. The summed E-state index contributed by atoms with van der Waals surface area (Å²) < 4.78 is 0. The molecule has 0 unspecified atom stereocenters. The second kappa shape index (κ2) is 6.65. The third kappa shape index (κ3) is 4.65. The molecule has 1 rings (SSSR count). The first kappa shape index (κ1) is 13.2. The molecule has 3 N–H and O–H groups in total. The predicted octanol–water partition coefficient (Wildman–Crippen LogP) is 0.610. The van der Waals surface area contributed by atoms with Crippen LogP contribution in [-0.4, -0.2) is 30.6 Å². The molecule has 5 heteroatoms. The van der Waals surface area contributed by atoms with Crippen LogP contribution < -0.4 is 10.6 Å². The van der Waals surface area contributed by atoms with Gasteiger partial charge in [0.2, 0.25) is 5.91 Å². The fraction of sp³-hybridized carbons (Fsp3) is 0.333. The maximum Gasteiger partial charge on any atom is 0.335 e.